The smallest absolute Gasteiger partial charge is 0.225 e. The molecule has 7 heteroatoms. The van der Waals surface area contributed by atoms with E-state index in [4.69, 9.17) is 0 Å². The van der Waals surface area contributed by atoms with Gasteiger partial charge in [-0.15, -0.1) is 24.0 Å². The van der Waals surface area contributed by atoms with Crippen LogP contribution in [0.4, 0.5) is 5.95 Å². The molecule has 0 bridgehead atoms. The van der Waals surface area contributed by atoms with Crippen molar-refractivity contribution in [3.63, 3.8) is 0 Å². The Morgan fingerprint density at radius 3 is 2.44 bits per heavy atom. The minimum atomic E-state index is 0. The second-order valence-electron chi connectivity index (χ2n) is 6.96. The number of nitrogens with one attached hydrogen (secondary N) is 1. The van der Waals surface area contributed by atoms with E-state index in [1.807, 2.05) is 13.1 Å². The van der Waals surface area contributed by atoms with Crippen molar-refractivity contribution in [2.75, 3.05) is 44.7 Å². The first-order valence-corrected chi connectivity index (χ1v) is 9.37. The lowest BCUT2D eigenvalue weighted by atomic mass is 10.1. The number of piperazine rings is 1. The Bertz CT molecular complexity index is 731. The maximum absolute atomic E-state index is 4.49. The third kappa shape index (κ3) is 4.88. The molecule has 27 heavy (non-hydrogen) atoms. The number of hydrogen-bond donors (Lipinski definition) is 1. The summed E-state index contributed by atoms with van der Waals surface area (Å²) in [6, 6.07) is 12.7. The topological polar surface area (TPSA) is 56.7 Å². The van der Waals surface area contributed by atoms with Gasteiger partial charge in [0.05, 0.1) is 0 Å². The number of rotatable bonds is 4. The summed E-state index contributed by atoms with van der Waals surface area (Å²) < 4.78 is 0. The van der Waals surface area contributed by atoms with Gasteiger partial charge < -0.3 is 15.1 Å². The molecule has 1 aromatic heterocycles. The summed E-state index contributed by atoms with van der Waals surface area (Å²) in [4.78, 5) is 17.7. The Morgan fingerprint density at radius 1 is 1.07 bits per heavy atom. The van der Waals surface area contributed by atoms with Gasteiger partial charge in [-0.05, 0) is 29.9 Å². The molecule has 1 aliphatic heterocycles. The van der Waals surface area contributed by atoms with Crippen LogP contribution in [0.25, 0.3) is 0 Å². The number of aromatic nitrogens is 2. The Hall–Kier alpha value is -1.90. The van der Waals surface area contributed by atoms with Gasteiger partial charge in [0.25, 0.3) is 0 Å². The molecule has 1 N–H and O–H groups in total. The van der Waals surface area contributed by atoms with Gasteiger partial charge >= 0.3 is 0 Å². The van der Waals surface area contributed by atoms with Crippen molar-refractivity contribution in [3.05, 3.63) is 54.4 Å². The molecular weight excluding hydrogens is 451 g/mol. The summed E-state index contributed by atoms with van der Waals surface area (Å²) in [6.45, 7) is 4.70. The van der Waals surface area contributed by atoms with Gasteiger partial charge in [-0.25, -0.2) is 9.97 Å². The van der Waals surface area contributed by atoms with Gasteiger partial charge in [0, 0.05) is 52.2 Å². The number of anilines is 1. The number of halogens is 1. The van der Waals surface area contributed by atoms with E-state index in [-0.39, 0.29) is 24.0 Å². The summed E-state index contributed by atoms with van der Waals surface area (Å²) in [5, 5.41) is 3.58. The van der Waals surface area contributed by atoms with E-state index in [0.717, 1.165) is 44.6 Å². The SMILES string of the molecule is CN=C(NCC1CC1c1ccccc1)N1CCN(c2ncccn2)CC1.I. The highest BCUT2D eigenvalue weighted by molar-refractivity contribution is 14.0. The van der Waals surface area contributed by atoms with Crippen molar-refractivity contribution < 1.29 is 0 Å². The van der Waals surface area contributed by atoms with Crippen LogP contribution in [0.2, 0.25) is 0 Å². The molecule has 1 aliphatic carbocycles. The molecular formula is C20H27IN6. The van der Waals surface area contributed by atoms with E-state index in [1.165, 1.54) is 12.0 Å². The fourth-order valence-electron chi connectivity index (χ4n) is 3.71. The summed E-state index contributed by atoms with van der Waals surface area (Å²) >= 11 is 0. The van der Waals surface area contributed by atoms with Crippen molar-refractivity contribution in [2.45, 2.75) is 12.3 Å². The fraction of sp³-hybridized carbons (Fsp3) is 0.450. The molecule has 1 aromatic carbocycles. The molecule has 2 aromatic rings. The Kier molecular flexibility index (Phi) is 6.87. The minimum Gasteiger partial charge on any atom is -0.356 e. The van der Waals surface area contributed by atoms with E-state index in [9.17, 15) is 0 Å². The maximum Gasteiger partial charge on any atom is 0.225 e. The number of benzene rings is 1. The average molecular weight is 478 g/mol. The molecule has 2 unspecified atom stereocenters. The molecule has 2 fully saturated rings. The van der Waals surface area contributed by atoms with Crippen LogP contribution in [-0.2, 0) is 0 Å². The second-order valence-corrected chi connectivity index (χ2v) is 6.96. The zero-order chi connectivity index (χ0) is 17.8. The minimum absolute atomic E-state index is 0. The lowest BCUT2D eigenvalue weighted by Crippen LogP contribution is -2.53. The number of aliphatic imine (C=N–C) groups is 1. The van der Waals surface area contributed by atoms with Crippen molar-refractivity contribution in [3.8, 4) is 0 Å². The van der Waals surface area contributed by atoms with Gasteiger partial charge in [-0.3, -0.25) is 4.99 Å². The van der Waals surface area contributed by atoms with Gasteiger partial charge in [0.1, 0.15) is 0 Å². The third-order valence-corrected chi connectivity index (χ3v) is 5.30. The number of hydrogen-bond acceptors (Lipinski definition) is 4. The van der Waals surface area contributed by atoms with Crippen LogP contribution in [0, 0.1) is 5.92 Å². The molecule has 2 atom stereocenters. The summed E-state index contributed by atoms with van der Waals surface area (Å²) in [5.41, 5.74) is 1.46. The first-order chi connectivity index (χ1) is 12.8. The van der Waals surface area contributed by atoms with E-state index in [0.29, 0.717) is 11.8 Å². The van der Waals surface area contributed by atoms with Crippen LogP contribution >= 0.6 is 24.0 Å². The Balaban J connectivity index is 0.00000210. The molecule has 6 nitrogen and oxygen atoms in total. The molecule has 1 saturated carbocycles. The van der Waals surface area contributed by atoms with Gasteiger partial charge in [-0.2, -0.15) is 0 Å². The predicted octanol–water partition coefficient (Wildman–Crippen LogP) is 2.60. The molecule has 2 aliphatic rings. The molecule has 0 radical (unpaired) electrons. The Labute approximate surface area is 178 Å². The van der Waals surface area contributed by atoms with Crippen molar-refractivity contribution >= 4 is 35.9 Å². The van der Waals surface area contributed by atoms with Gasteiger partial charge in [0.2, 0.25) is 5.95 Å². The molecule has 4 rings (SSSR count). The predicted molar refractivity (Wildman–Crippen MR) is 120 cm³/mol. The zero-order valence-electron chi connectivity index (χ0n) is 15.7. The molecule has 0 amide bonds. The van der Waals surface area contributed by atoms with E-state index < -0.39 is 0 Å². The normalized spacial score (nSPS) is 22.2. The van der Waals surface area contributed by atoms with Crippen molar-refractivity contribution in [1.29, 1.82) is 0 Å². The number of nitrogens with zero attached hydrogens (tertiary/aromatic N) is 5. The molecule has 0 spiro atoms. The standard InChI is InChI=1S/C20H26N6.HI/c1-21-19(24-15-17-14-18(17)16-6-3-2-4-7-16)25-10-12-26(13-11-25)20-22-8-5-9-23-20;/h2-9,17-18H,10-15H2,1H3,(H,21,24);1H. The quantitative estimate of drug-likeness (QED) is 0.416. The number of guanidine groups is 1. The van der Waals surface area contributed by atoms with E-state index >= 15 is 0 Å². The lowest BCUT2D eigenvalue weighted by molar-refractivity contribution is 0.369. The van der Waals surface area contributed by atoms with Crippen LogP contribution in [0.1, 0.15) is 17.9 Å². The van der Waals surface area contributed by atoms with Crippen LogP contribution in [-0.4, -0.2) is 60.6 Å². The van der Waals surface area contributed by atoms with Crippen LogP contribution in [0.15, 0.2) is 53.8 Å². The summed E-state index contributed by atoms with van der Waals surface area (Å²) in [5.74, 6) is 3.25. The summed E-state index contributed by atoms with van der Waals surface area (Å²) in [6.07, 6.45) is 4.87. The first-order valence-electron chi connectivity index (χ1n) is 9.37. The molecule has 2 heterocycles. The van der Waals surface area contributed by atoms with Gasteiger partial charge in [-0.1, -0.05) is 30.3 Å². The van der Waals surface area contributed by atoms with E-state index in [1.54, 1.807) is 12.4 Å². The van der Waals surface area contributed by atoms with Crippen molar-refractivity contribution in [2.24, 2.45) is 10.9 Å². The third-order valence-electron chi connectivity index (χ3n) is 5.30. The maximum atomic E-state index is 4.49. The zero-order valence-corrected chi connectivity index (χ0v) is 18.0. The average Bonchev–Trinajstić information content (AvgIpc) is 3.50. The van der Waals surface area contributed by atoms with Gasteiger partial charge in [0.15, 0.2) is 5.96 Å². The van der Waals surface area contributed by atoms with Crippen molar-refractivity contribution in [1.82, 2.24) is 20.2 Å². The van der Waals surface area contributed by atoms with Crippen LogP contribution in [0.5, 0.6) is 0 Å². The highest BCUT2D eigenvalue weighted by Gasteiger charge is 2.38. The highest BCUT2D eigenvalue weighted by Crippen LogP contribution is 2.46. The monoisotopic (exact) mass is 478 g/mol. The fourth-order valence-corrected chi connectivity index (χ4v) is 3.71. The van der Waals surface area contributed by atoms with E-state index in [2.05, 4.69) is 60.4 Å². The molecule has 144 valence electrons. The highest BCUT2D eigenvalue weighted by atomic mass is 127. The second kappa shape index (κ2) is 9.34. The lowest BCUT2D eigenvalue weighted by Gasteiger charge is -2.36. The van der Waals surface area contributed by atoms with Crippen LogP contribution < -0.4 is 10.2 Å². The Morgan fingerprint density at radius 2 is 1.78 bits per heavy atom. The molecule has 1 saturated heterocycles. The summed E-state index contributed by atoms with van der Waals surface area (Å²) in [7, 11) is 1.87. The van der Waals surface area contributed by atoms with Crippen LogP contribution in [0.3, 0.4) is 0 Å². The first kappa shape index (κ1) is 19.9. The largest absolute Gasteiger partial charge is 0.356 e.